The molecule has 6 nitrogen and oxygen atoms in total. The second-order valence-electron chi connectivity index (χ2n) is 6.59. The molecule has 0 unspecified atom stereocenters. The molecule has 0 N–H and O–H groups in total. The van der Waals surface area contributed by atoms with Crippen LogP contribution in [0.5, 0.6) is 0 Å². The molecule has 0 aliphatic carbocycles. The fraction of sp³-hybridized carbons (Fsp3) is 0.316. The fourth-order valence-corrected chi connectivity index (χ4v) is 3.91. The predicted octanol–water partition coefficient (Wildman–Crippen LogP) is 3.38. The lowest BCUT2D eigenvalue weighted by molar-refractivity contribution is -0.0588. The summed E-state index contributed by atoms with van der Waals surface area (Å²) < 4.78 is 20.6. The lowest BCUT2D eigenvalue weighted by Crippen LogP contribution is -2.48. The number of ether oxygens (including phenoxy) is 1. The van der Waals surface area contributed by atoms with Crippen molar-refractivity contribution in [3.8, 4) is 16.4 Å². The van der Waals surface area contributed by atoms with Crippen LogP contribution in [0.15, 0.2) is 41.8 Å². The molecule has 2 atom stereocenters. The number of rotatable bonds is 3. The minimum absolute atomic E-state index is 0.0337. The molecule has 8 heteroatoms. The van der Waals surface area contributed by atoms with E-state index in [9.17, 15) is 9.18 Å². The van der Waals surface area contributed by atoms with Crippen LogP contribution in [-0.4, -0.2) is 50.9 Å². The highest BCUT2D eigenvalue weighted by Gasteiger charge is 2.30. The van der Waals surface area contributed by atoms with Gasteiger partial charge in [0.05, 0.1) is 22.8 Å². The minimum atomic E-state index is -0.330. The van der Waals surface area contributed by atoms with E-state index in [0.29, 0.717) is 24.6 Å². The first kappa shape index (κ1) is 17.8. The minimum Gasteiger partial charge on any atom is -0.372 e. The Hall–Kier alpha value is -2.58. The highest BCUT2D eigenvalue weighted by molar-refractivity contribution is 7.13. The van der Waals surface area contributed by atoms with Crippen LogP contribution in [0.3, 0.4) is 0 Å². The Balaban J connectivity index is 1.73. The molecule has 1 aromatic carbocycles. The molecule has 1 aliphatic rings. The molecule has 3 aromatic rings. The van der Waals surface area contributed by atoms with Crippen molar-refractivity contribution in [2.75, 3.05) is 13.1 Å². The van der Waals surface area contributed by atoms with Gasteiger partial charge in [-0.05, 0) is 49.6 Å². The van der Waals surface area contributed by atoms with E-state index >= 15 is 0 Å². The Bertz CT molecular complexity index is 929. The maximum atomic E-state index is 13.3. The highest BCUT2D eigenvalue weighted by atomic mass is 32.1. The molecule has 1 amide bonds. The van der Waals surface area contributed by atoms with Gasteiger partial charge in [0.15, 0.2) is 5.82 Å². The largest absolute Gasteiger partial charge is 0.372 e. The van der Waals surface area contributed by atoms with Gasteiger partial charge >= 0.3 is 0 Å². The molecular weight excluding hydrogens is 367 g/mol. The van der Waals surface area contributed by atoms with E-state index in [1.54, 1.807) is 21.7 Å². The average molecular weight is 386 g/mol. The number of hydrogen-bond donors (Lipinski definition) is 0. The summed E-state index contributed by atoms with van der Waals surface area (Å²) in [4.78, 5) is 20.1. The second kappa shape index (κ2) is 7.21. The second-order valence-corrected chi connectivity index (χ2v) is 7.54. The zero-order valence-corrected chi connectivity index (χ0v) is 15.8. The van der Waals surface area contributed by atoms with Gasteiger partial charge in [0.2, 0.25) is 5.82 Å². The van der Waals surface area contributed by atoms with Crippen LogP contribution in [0.25, 0.3) is 16.4 Å². The summed E-state index contributed by atoms with van der Waals surface area (Å²) in [5, 5.41) is 6.39. The third-order valence-electron chi connectivity index (χ3n) is 4.32. The zero-order valence-electron chi connectivity index (χ0n) is 15.0. The van der Waals surface area contributed by atoms with Gasteiger partial charge in [-0.1, -0.05) is 6.07 Å². The molecular formula is C19H19FN4O2S. The van der Waals surface area contributed by atoms with Gasteiger partial charge in [0, 0.05) is 13.1 Å². The fourth-order valence-electron chi connectivity index (χ4n) is 3.22. The van der Waals surface area contributed by atoms with Crippen molar-refractivity contribution in [1.29, 1.82) is 0 Å². The van der Waals surface area contributed by atoms with E-state index in [4.69, 9.17) is 4.74 Å². The molecule has 27 heavy (non-hydrogen) atoms. The molecule has 1 saturated heterocycles. The average Bonchev–Trinajstić information content (AvgIpc) is 3.30. The first-order chi connectivity index (χ1) is 13.0. The number of carbonyl (C=O) groups is 1. The number of benzene rings is 1. The maximum Gasteiger partial charge on any atom is 0.293 e. The number of nitrogens with zero attached hydrogens (tertiary/aromatic N) is 4. The van der Waals surface area contributed by atoms with Crippen LogP contribution in [0, 0.1) is 5.82 Å². The Morgan fingerprint density at radius 3 is 2.52 bits per heavy atom. The molecule has 2 aromatic heterocycles. The van der Waals surface area contributed by atoms with Crippen molar-refractivity contribution < 1.29 is 13.9 Å². The summed E-state index contributed by atoms with van der Waals surface area (Å²) >= 11 is 1.51. The summed E-state index contributed by atoms with van der Waals surface area (Å²) in [5.74, 6) is 0.137. The lowest BCUT2D eigenvalue weighted by atomic mass is 10.2. The molecule has 1 aliphatic heterocycles. The van der Waals surface area contributed by atoms with E-state index < -0.39 is 0 Å². The van der Waals surface area contributed by atoms with E-state index in [1.807, 2.05) is 31.4 Å². The monoisotopic (exact) mass is 386 g/mol. The molecule has 0 radical (unpaired) electrons. The molecule has 0 bridgehead atoms. The number of amides is 1. The number of thiophene rings is 1. The van der Waals surface area contributed by atoms with Crippen molar-refractivity contribution in [2.24, 2.45) is 0 Å². The Kier molecular flexibility index (Phi) is 4.75. The third-order valence-corrected chi connectivity index (χ3v) is 5.18. The van der Waals surface area contributed by atoms with Crippen LogP contribution in [-0.2, 0) is 4.74 Å². The summed E-state index contributed by atoms with van der Waals surface area (Å²) in [6.07, 6.45) is -0.0673. The molecule has 3 heterocycles. The third kappa shape index (κ3) is 3.63. The SMILES string of the molecule is C[C@@H]1CN(C(=O)c2nc(-c3cccs3)n(-c3ccc(F)cc3)n2)C[C@@H](C)O1. The standard InChI is InChI=1S/C19H19FN4O2S/c1-12-10-23(11-13(2)26-12)19(25)17-21-18(16-4-3-9-27-16)24(22-17)15-7-5-14(20)6-8-15/h3-9,12-13H,10-11H2,1-2H3/t12-,13-/m1/s1. The number of halogens is 1. The first-order valence-electron chi connectivity index (χ1n) is 8.73. The van der Waals surface area contributed by atoms with Crippen LogP contribution < -0.4 is 0 Å². The van der Waals surface area contributed by atoms with Crippen molar-refractivity contribution in [1.82, 2.24) is 19.7 Å². The van der Waals surface area contributed by atoms with E-state index in [-0.39, 0.29) is 29.8 Å². The van der Waals surface area contributed by atoms with Gasteiger partial charge in [-0.3, -0.25) is 4.79 Å². The Labute approximate surface area is 160 Å². The van der Waals surface area contributed by atoms with Gasteiger partial charge in [0.1, 0.15) is 5.82 Å². The van der Waals surface area contributed by atoms with Gasteiger partial charge in [-0.15, -0.1) is 16.4 Å². The summed E-state index contributed by atoms with van der Waals surface area (Å²) in [5.41, 5.74) is 0.648. The van der Waals surface area contributed by atoms with E-state index in [0.717, 1.165) is 4.88 Å². The zero-order chi connectivity index (χ0) is 19.0. The quantitative estimate of drug-likeness (QED) is 0.692. The normalized spacial score (nSPS) is 20.0. The summed E-state index contributed by atoms with van der Waals surface area (Å²) in [7, 11) is 0. The van der Waals surface area contributed by atoms with Crippen molar-refractivity contribution >= 4 is 17.2 Å². The van der Waals surface area contributed by atoms with Crippen molar-refractivity contribution in [3.05, 3.63) is 53.4 Å². The van der Waals surface area contributed by atoms with Crippen LogP contribution in [0.1, 0.15) is 24.5 Å². The number of aromatic nitrogens is 3. The van der Waals surface area contributed by atoms with Crippen LogP contribution >= 0.6 is 11.3 Å². The van der Waals surface area contributed by atoms with Gasteiger partial charge in [0.25, 0.3) is 5.91 Å². The van der Waals surface area contributed by atoms with Gasteiger partial charge in [-0.25, -0.2) is 14.1 Å². The van der Waals surface area contributed by atoms with Gasteiger partial charge in [-0.2, -0.15) is 0 Å². The predicted molar refractivity (Wildman–Crippen MR) is 101 cm³/mol. The molecule has 4 rings (SSSR count). The van der Waals surface area contributed by atoms with Crippen molar-refractivity contribution in [3.63, 3.8) is 0 Å². The molecule has 140 valence electrons. The lowest BCUT2D eigenvalue weighted by Gasteiger charge is -2.34. The first-order valence-corrected chi connectivity index (χ1v) is 9.61. The van der Waals surface area contributed by atoms with Crippen LogP contribution in [0.4, 0.5) is 4.39 Å². The maximum absolute atomic E-state index is 13.3. The molecule has 1 fully saturated rings. The summed E-state index contributed by atoms with van der Waals surface area (Å²) in [6, 6.07) is 9.80. The topological polar surface area (TPSA) is 60.2 Å². The van der Waals surface area contributed by atoms with E-state index in [1.165, 1.54) is 23.5 Å². The smallest absolute Gasteiger partial charge is 0.293 e. The number of hydrogen-bond acceptors (Lipinski definition) is 5. The van der Waals surface area contributed by atoms with E-state index in [2.05, 4.69) is 10.1 Å². The highest BCUT2D eigenvalue weighted by Crippen LogP contribution is 2.26. The van der Waals surface area contributed by atoms with Crippen LogP contribution in [0.2, 0.25) is 0 Å². The van der Waals surface area contributed by atoms with Crippen molar-refractivity contribution in [2.45, 2.75) is 26.1 Å². The van der Waals surface area contributed by atoms with Gasteiger partial charge < -0.3 is 9.64 Å². The number of carbonyl (C=O) groups excluding carboxylic acids is 1. The summed E-state index contributed by atoms with van der Waals surface area (Å²) in [6.45, 7) is 4.89. The Morgan fingerprint density at radius 1 is 1.19 bits per heavy atom. The molecule has 0 saturated carbocycles. The Morgan fingerprint density at radius 2 is 1.89 bits per heavy atom. The molecule has 0 spiro atoms. The number of morpholine rings is 1.